The van der Waals surface area contributed by atoms with Gasteiger partial charge in [-0.25, -0.2) is 0 Å². The molecule has 1 aliphatic rings. The van der Waals surface area contributed by atoms with Gasteiger partial charge in [0.1, 0.15) is 0 Å². The van der Waals surface area contributed by atoms with E-state index in [9.17, 15) is 0 Å². The summed E-state index contributed by atoms with van der Waals surface area (Å²) in [5.74, 6) is 0. The zero-order valence-corrected chi connectivity index (χ0v) is 7.67. The minimum Gasteiger partial charge on any atom is -0.454 e. The molecular weight excluding hydrogens is 188 g/mol. The van der Waals surface area contributed by atoms with Crippen LogP contribution in [0, 0.1) is 0 Å². The number of hydrogen-bond donors (Lipinski definition) is 0. The van der Waals surface area contributed by atoms with Gasteiger partial charge in [0.25, 0.3) is 0 Å². The highest BCUT2D eigenvalue weighted by Gasteiger charge is 2.21. The van der Waals surface area contributed by atoms with E-state index in [2.05, 4.69) is 6.07 Å². The third-order valence-electron chi connectivity index (χ3n) is 2.02. The predicted octanol–water partition coefficient (Wildman–Crippen LogP) is 2.54. The summed E-state index contributed by atoms with van der Waals surface area (Å²) >= 11 is 1.58. The molecule has 68 valence electrons. The van der Waals surface area contributed by atoms with Crippen LogP contribution in [0.2, 0.25) is 0 Å². The summed E-state index contributed by atoms with van der Waals surface area (Å²) in [5.41, 5.74) is 0. The van der Waals surface area contributed by atoms with Gasteiger partial charge in [-0.05, 0) is 12.1 Å². The second-order valence-corrected chi connectivity index (χ2v) is 3.93. The monoisotopic (exact) mass is 196 g/mol. The molecule has 0 aromatic carbocycles. The molecule has 1 fully saturated rings. The van der Waals surface area contributed by atoms with E-state index in [1.54, 1.807) is 17.6 Å². The van der Waals surface area contributed by atoms with Crippen LogP contribution in [0.1, 0.15) is 11.2 Å². The topological polar surface area (TPSA) is 31.6 Å². The minimum atomic E-state index is -0.174. The van der Waals surface area contributed by atoms with E-state index in [1.165, 1.54) is 0 Å². The number of fused-ring (bicyclic) bond motifs is 1. The third-order valence-corrected chi connectivity index (χ3v) is 3.08. The maximum absolute atomic E-state index is 5.38. The number of thiophene rings is 1. The fourth-order valence-corrected chi connectivity index (χ4v) is 2.40. The minimum absolute atomic E-state index is 0.174. The molecule has 0 atom stereocenters. The second kappa shape index (κ2) is 2.83. The highest BCUT2D eigenvalue weighted by Crippen LogP contribution is 2.34. The van der Waals surface area contributed by atoms with Crippen LogP contribution in [0.5, 0.6) is 0 Å². The van der Waals surface area contributed by atoms with Crippen LogP contribution in [0.25, 0.3) is 10.3 Å². The summed E-state index contributed by atoms with van der Waals surface area (Å²) in [6.07, 6.45) is 1.52. The van der Waals surface area contributed by atoms with Gasteiger partial charge in [-0.3, -0.25) is 0 Å². The van der Waals surface area contributed by atoms with Crippen molar-refractivity contribution in [1.82, 2.24) is 0 Å². The molecule has 2 aromatic rings. The molecular formula is C9H8O3S. The van der Waals surface area contributed by atoms with Gasteiger partial charge in [0.15, 0.2) is 11.2 Å². The first-order valence-corrected chi connectivity index (χ1v) is 4.95. The predicted molar refractivity (Wildman–Crippen MR) is 48.7 cm³/mol. The lowest BCUT2D eigenvalue weighted by Gasteiger charge is -2.03. The number of ether oxygens (including phenoxy) is 2. The van der Waals surface area contributed by atoms with Crippen molar-refractivity contribution in [1.29, 1.82) is 0 Å². The lowest BCUT2D eigenvalue weighted by molar-refractivity contribution is -0.0412. The SMILES string of the molecule is c1cc2cc(C3OCCO3)sc2o1. The summed E-state index contributed by atoms with van der Waals surface area (Å²) in [5, 5.41) is 1.12. The highest BCUT2D eigenvalue weighted by atomic mass is 32.1. The fourth-order valence-electron chi connectivity index (χ4n) is 1.42. The molecule has 0 amide bonds. The molecule has 1 aliphatic heterocycles. The first kappa shape index (κ1) is 7.55. The molecule has 3 heterocycles. The molecule has 0 N–H and O–H groups in total. The normalized spacial score (nSPS) is 18.8. The van der Waals surface area contributed by atoms with Crippen LogP contribution in [0.4, 0.5) is 0 Å². The molecule has 2 aromatic heterocycles. The maximum atomic E-state index is 5.38. The zero-order chi connectivity index (χ0) is 8.67. The Morgan fingerprint density at radius 3 is 2.92 bits per heavy atom. The van der Waals surface area contributed by atoms with Crippen molar-refractivity contribution in [2.75, 3.05) is 13.2 Å². The standard InChI is InChI=1S/C9H8O3S/c1-2-12-9-6(1)5-7(13-9)8-10-3-4-11-8/h1-2,5,8H,3-4H2. The zero-order valence-electron chi connectivity index (χ0n) is 6.86. The van der Waals surface area contributed by atoms with Crippen molar-refractivity contribution in [3.63, 3.8) is 0 Å². The summed E-state index contributed by atoms with van der Waals surface area (Å²) in [4.78, 5) is 2.03. The lowest BCUT2D eigenvalue weighted by Crippen LogP contribution is -1.93. The highest BCUT2D eigenvalue weighted by molar-refractivity contribution is 7.18. The van der Waals surface area contributed by atoms with E-state index in [0.717, 1.165) is 15.2 Å². The Hall–Kier alpha value is -0.840. The Labute approximate surface area is 78.9 Å². The van der Waals surface area contributed by atoms with Gasteiger partial charge in [0.05, 0.1) is 24.4 Å². The number of hydrogen-bond acceptors (Lipinski definition) is 4. The van der Waals surface area contributed by atoms with Crippen LogP contribution in [0.15, 0.2) is 22.8 Å². The number of furan rings is 1. The molecule has 0 aliphatic carbocycles. The second-order valence-electron chi connectivity index (χ2n) is 2.89. The van der Waals surface area contributed by atoms with Crippen LogP contribution in [-0.2, 0) is 9.47 Å². The smallest absolute Gasteiger partial charge is 0.193 e. The van der Waals surface area contributed by atoms with Crippen LogP contribution in [-0.4, -0.2) is 13.2 Å². The summed E-state index contributed by atoms with van der Waals surface area (Å²) in [6.45, 7) is 1.37. The van der Waals surface area contributed by atoms with Gasteiger partial charge in [0, 0.05) is 5.39 Å². The lowest BCUT2D eigenvalue weighted by atomic mass is 10.3. The van der Waals surface area contributed by atoms with E-state index in [-0.39, 0.29) is 6.29 Å². The Morgan fingerprint density at radius 1 is 1.31 bits per heavy atom. The molecule has 0 saturated carbocycles. The largest absolute Gasteiger partial charge is 0.454 e. The van der Waals surface area contributed by atoms with Gasteiger partial charge < -0.3 is 13.9 Å². The fraction of sp³-hybridized carbons (Fsp3) is 0.333. The molecule has 1 saturated heterocycles. The maximum Gasteiger partial charge on any atom is 0.193 e. The van der Waals surface area contributed by atoms with Crippen LogP contribution >= 0.6 is 11.3 Å². The van der Waals surface area contributed by atoms with Crippen molar-refractivity contribution in [2.45, 2.75) is 6.29 Å². The van der Waals surface area contributed by atoms with Gasteiger partial charge in [0.2, 0.25) is 0 Å². The van der Waals surface area contributed by atoms with Crippen molar-refractivity contribution in [2.24, 2.45) is 0 Å². The van der Waals surface area contributed by atoms with Crippen molar-refractivity contribution < 1.29 is 13.9 Å². The summed E-state index contributed by atoms with van der Waals surface area (Å²) < 4.78 is 16.0. The Balaban J connectivity index is 2.02. The van der Waals surface area contributed by atoms with E-state index in [0.29, 0.717) is 13.2 Å². The molecule has 3 rings (SSSR count). The molecule has 0 bridgehead atoms. The Morgan fingerprint density at radius 2 is 2.15 bits per heavy atom. The average Bonchev–Trinajstić information content (AvgIpc) is 2.78. The van der Waals surface area contributed by atoms with Crippen molar-refractivity contribution in [3.05, 3.63) is 23.3 Å². The number of rotatable bonds is 1. The van der Waals surface area contributed by atoms with Crippen LogP contribution in [0.3, 0.4) is 0 Å². The van der Waals surface area contributed by atoms with E-state index in [4.69, 9.17) is 13.9 Å². The molecule has 4 heteroatoms. The van der Waals surface area contributed by atoms with Crippen molar-refractivity contribution >= 4 is 21.6 Å². The van der Waals surface area contributed by atoms with E-state index >= 15 is 0 Å². The molecule has 0 spiro atoms. The van der Waals surface area contributed by atoms with Gasteiger partial charge >= 0.3 is 0 Å². The van der Waals surface area contributed by atoms with Gasteiger partial charge in [-0.1, -0.05) is 11.3 Å². The van der Waals surface area contributed by atoms with Gasteiger partial charge in [-0.15, -0.1) is 0 Å². The third kappa shape index (κ3) is 1.18. The summed E-state index contributed by atoms with van der Waals surface area (Å²) in [7, 11) is 0. The first-order chi connectivity index (χ1) is 6.43. The van der Waals surface area contributed by atoms with Gasteiger partial charge in [-0.2, -0.15) is 0 Å². The first-order valence-electron chi connectivity index (χ1n) is 4.13. The summed E-state index contributed by atoms with van der Waals surface area (Å²) in [6, 6.07) is 4.00. The van der Waals surface area contributed by atoms with E-state index < -0.39 is 0 Å². The van der Waals surface area contributed by atoms with Crippen molar-refractivity contribution in [3.8, 4) is 0 Å². The van der Waals surface area contributed by atoms with E-state index in [1.807, 2.05) is 6.07 Å². The Kier molecular flexibility index (Phi) is 1.65. The molecule has 0 unspecified atom stereocenters. The average molecular weight is 196 g/mol. The quantitative estimate of drug-likeness (QED) is 0.702. The molecule has 3 nitrogen and oxygen atoms in total. The molecule has 13 heavy (non-hydrogen) atoms. The molecule has 0 radical (unpaired) electrons. The van der Waals surface area contributed by atoms with Crippen LogP contribution < -0.4 is 0 Å². The Bertz CT molecular complexity index is 383.